The summed E-state index contributed by atoms with van der Waals surface area (Å²) in [5, 5.41) is 8.37. The van der Waals surface area contributed by atoms with E-state index < -0.39 is 21.3 Å². The van der Waals surface area contributed by atoms with Gasteiger partial charge in [-0.2, -0.15) is 0 Å². The molecule has 0 aliphatic rings. The van der Waals surface area contributed by atoms with Crippen molar-refractivity contribution >= 4 is 27.3 Å². The Morgan fingerprint density at radius 3 is 2.33 bits per heavy atom. The lowest BCUT2D eigenvalue weighted by Gasteiger charge is -2.26. The van der Waals surface area contributed by atoms with E-state index >= 15 is 0 Å². The second-order valence-corrected chi connectivity index (χ2v) is 10.1. The van der Waals surface area contributed by atoms with E-state index in [2.05, 4.69) is 14.9 Å². The van der Waals surface area contributed by atoms with Crippen LogP contribution in [0.25, 0.3) is 11.4 Å². The lowest BCUT2D eigenvalue weighted by atomic mass is 9.82. The number of benzene rings is 2. The summed E-state index contributed by atoms with van der Waals surface area (Å²) in [5.41, 5.74) is 0.319. The maximum Gasteiger partial charge on any atom is 0.261 e. The van der Waals surface area contributed by atoms with E-state index in [4.69, 9.17) is 11.6 Å². The van der Waals surface area contributed by atoms with Crippen molar-refractivity contribution in [1.29, 1.82) is 0 Å². The van der Waals surface area contributed by atoms with Crippen LogP contribution < -0.4 is 4.72 Å². The van der Waals surface area contributed by atoms with Crippen molar-refractivity contribution in [3.63, 3.8) is 0 Å². The van der Waals surface area contributed by atoms with E-state index in [1.54, 1.807) is 29.8 Å². The van der Waals surface area contributed by atoms with Gasteiger partial charge in [-0.1, -0.05) is 57.5 Å². The zero-order valence-corrected chi connectivity index (χ0v) is 19.1. The molecule has 3 aromatic rings. The molecule has 1 heterocycles. The minimum atomic E-state index is -3.96. The molecular formula is C21H24ClFN4O2S. The van der Waals surface area contributed by atoms with Gasteiger partial charge in [0.15, 0.2) is 5.82 Å². The van der Waals surface area contributed by atoms with Gasteiger partial charge in [-0.05, 0) is 23.1 Å². The summed E-state index contributed by atoms with van der Waals surface area (Å²) in [6.07, 6.45) is 0.633. The van der Waals surface area contributed by atoms with E-state index in [9.17, 15) is 12.8 Å². The largest absolute Gasteiger partial charge is 0.314 e. The Morgan fingerprint density at radius 2 is 1.80 bits per heavy atom. The molecule has 1 aromatic heterocycles. The maximum atomic E-state index is 14.8. The SMILES string of the molecule is CCc1nnc(-c2c(NS(=O)(=O)c3ccccc3)cc(F)c(Cl)c2C(C)(C)C)n1C. The van der Waals surface area contributed by atoms with Gasteiger partial charge in [0, 0.05) is 25.1 Å². The second kappa shape index (κ2) is 8.00. The number of rotatable bonds is 5. The topological polar surface area (TPSA) is 76.9 Å². The number of aromatic nitrogens is 3. The molecule has 0 aliphatic carbocycles. The number of sulfonamides is 1. The van der Waals surface area contributed by atoms with Gasteiger partial charge in [0.2, 0.25) is 0 Å². The first-order valence-electron chi connectivity index (χ1n) is 9.46. The fourth-order valence-corrected chi connectivity index (χ4v) is 4.85. The van der Waals surface area contributed by atoms with Crippen LogP contribution in [0.15, 0.2) is 41.3 Å². The average molecular weight is 451 g/mol. The van der Waals surface area contributed by atoms with Crippen molar-refractivity contribution in [3.8, 4) is 11.4 Å². The van der Waals surface area contributed by atoms with Crippen LogP contribution in [0, 0.1) is 5.82 Å². The number of nitrogens with one attached hydrogen (secondary N) is 1. The van der Waals surface area contributed by atoms with Crippen molar-refractivity contribution in [1.82, 2.24) is 14.8 Å². The Balaban J connectivity index is 2.33. The van der Waals surface area contributed by atoms with Crippen molar-refractivity contribution < 1.29 is 12.8 Å². The van der Waals surface area contributed by atoms with Gasteiger partial charge in [-0.25, -0.2) is 12.8 Å². The molecule has 0 bridgehead atoms. The summed E-state index contributed by atoms with van der Waals surface area (Å²) in [4.78, 5) is 0.0656. The Hall–Kier alpha value is -2.45. The minimum Gasteiger partial charge on any atom is -0.314 e. The fraction of sp³-hybridized carbons (Fsp3) is 0.333. The van der Waals surface area contributed by atoms with Crippen LogP contribution in [0.3, 0.4) is 0 Å². The molecule has 0 radical (unpaired) electrons. The van der Waals surface area contributed by atoms with Crippen LogP contribution in [0.1, 0.15) is 39.1 Å². The molecule has 6 nitrogen and oxygen atoms in total. The highest BCUT2D eigenvalue weighted by atomic mass is 35.5. The Kier molecular flexibility index (Phi) is 5.93. The second-order valence-electron chi connectivity index (χ2n) is 7.99. The monoisotopic (exact) mass is 450 g/mol. The third-order valence-corrected chi connectivity index (χ3v) is 6.52. The van der Waals surface area contributed by atoms with Gasteiger partial charge < -0.3 is 4.57 Å². The lowest BCUT2D eigenvalue weighted by molar-refractivity contribution is 0.573. The van der Waals surface area contributed by atoms with Crippen LogP contribution >= 0.6 is 11.6 Å². The van der Waals surface area contributed by atoms with Gasteiger partial charge in [-0.3, -0.25) is 4.72 Å². The summed E-state index contributed by atoms with van der Waals surface area (Å²) < 4.78 is 45.1. The quantitative estimate of drug-likeness (QED) is 0.597. The smallest absolute Gasteiger partial charge is 0.261 e. The molecule has 0 fully saturated rings. The highest BCUT2D eigenvalue weighted by Crippen LogP contribution is 2.43. The summed E-state index contributed by atoms with van der Waals surface area (Å²) in [7, 11) is -2.18. The minimum absolute atomic E-state index is 0.0591. The molecule has 3 rings (SSSR count). The number of aryl methyl sites for hydroxylation is 1. The lowest BCUT2D eigenvalue weighted by Crippen LogP contribution is -2.20. The molecule has 0 aliphatic heterocycles. The van der Waals surface area contributed by atoms with E-state index in [-0.39, 0.29) is 15.6 Å². The fourth-order valence-electron chi connectivity index (χ4n) is 3.33. The Morgan fingerprint density at radius 1 is 1.17 bits per heavy atom. The zero-order valence-electron chi connectivity index (χ0n) is 17.5. The van der Waals surface area contributed by atoms with E-state index in [0.29, 0.717) is 29.2 Å². The summed E-state index contributed by atoms with van der Waals surface area (Å²) >= 11 is 6.38. The maximum absolute atomic E-state index is 14.8. The molecule has 9 heteroatoms. The van der Waals surface area contributed by atoms with Crippen molar-refractivity contribution in [2.75, 3.05) is 4.72 Å². The molecule has 0 unspecified atom stereocenters. The van der Waals surface area contributed by atoms with Crippen LogP contribution in [0.2, 0.25) is 5.02 Å². The van der Waals surface area contributed by atoms with Gasteiger partial charge >= 0.3 is 0 Å². The molecule has 30 heavy (non-hydrogen) atoms. The van der Waals surface area contributed by atoms with Gasteiger partial charge in [0.25, 0.3) is 10.0 Å². The molecule has 160 valence electrons. The summed E-state index contributed by atoms with van der Waals surface area (Å²) in [5.74, 6) is 0.403. The third-order valence-electron chi connectivity index (χ3n) is 4.77. The normalized spacial score (nSPS) is 12.2. The standard InChI is InChI=1S/C21H24ClFN4O2S/c1-6-16-24-25-20(27(16)5)17-15(12-14(23)19(22)18(17)21(2,3)4)26-30(28,29)13-10-8-7-9-11-13/h7-12,26H,6H2,1-5H3. The Bertz CT molecular complexity index is 1190. The Labute approximate surface area is 181 Å². The van der Waals surface area contributed by atoms with Gasteiger partial charge in [0.1, 0.15) is 11.6 Å². The first kappa shape index (κ1) is 22.2. The summed E-state index contributed by atoms with van der Waals surface area (Å²) in [6, 6.07) is 8.99. The number of hydrogen-bond donors (Lipinski definition) is 1. The summed E-state index contributed by atoms with van der Waals surface area (Å²) in [6.45, 7) is 7.58. The number of nitrogens with zero attached hydrogens (tertiary/aromatic N) is 3. The third kappa shape index (κ3) is 4.06. The predicted octanol–water partition coefficient (Wildman–Crippen LogP) is 4.94. The molecule has 0 saturated heterocycles. The van der Waals surface area contributed by atoms with Crippen LogP contribution in [-0.2, 0) is 28.9 Å². The first-order chi connectivity index (χ1) is 14.0. The number of halogens is 2. The van der Waals surface area contributed by atoms with Crippen LogP contribution in [0.4, 0.5) is 10.1 Å². The van der Waals surface area contributed by atoms with Crippen LogP contribution in [-0.4, -0.2) is 23.2 Å². The van der Waals surface area contributed by atoms with Crippen LogP contribution in [0.5, 0.6) is 0 Å². The molecule has 0 saturated carbocycles. The van der Waals surface area contributed by atoms with Gasteiger partial charge in [0.05, 0.1) is 15.6 Å². The highest BCUT2D eigenvalue weighted by Gasteiger charge is 2.31. The van der Waals surface area contributed by atoms with Crippen molar-refractivity contribution in [3.05, 3.63) is 58.6 Å². The molecule has 0 spiro atoms. The molecular weight excluding hydrogens is 427 g/mol. The molecule has 1 N–H and O–H groups in total. The number of anilines is 1. The first-order valence-corrected chi connectivity index (χ1v) is 11.3. The van der Waals surface area contributed by atoms with Crippen molar-refractivity contribution in [2.45, 2.75) is 44.4 Å². The number of hydrogen-bond acceptors (Lipinski definition) is 4. The molecule has 0 atom stereocenters. The van der Waals surface area contributed by atoms with Crippen molar-refractivity contribution in [2.24, 2.45) is 7.05 Å². The zero-order chi connectivity index (χ0) is 22.3. The predicted molar refractivity (Wildman–Crippen MR) is 117 cm³/mol. The van der Waals surface area contributed by atoms with E-state index in [0.717, 1.165) is 6.07 Å². The van der Waals surface area contributed by atoms with Gasteiger partial charge in [-0.15, -0.1) is 10.2 Å². The molecule has 0 amide bonds. The average Bonchev–Trinajstić information content (AvgIpc) is 3.04. The highest BCUT2D eigenvalue weighted by molar-refractivity contribution is 7.92. The van der Waals surface area contributed by atoms with E-state index in [1.807, 2.05) is 27.7 Å². The van der Waals surface area contributed by atoms with E-state index in [1.165, 1.54) is 12.1 Å². The molecule has 2 aromatic carbocycles.